The predicted octanol–water partition coefficient (Wildman–Crippen LogP) is 1.48. The highest BCUT2D eigenvalue weighted by Crippen LogP contribution is 2.11. The first-order valence-electron chi connectivity index (χ1n) is 6.91. The highest BCUT2D eigenvalue weighted by molar-refractivity contribution is 5.91. The third-order valence-electron chi connectivity index (χ3n) is 2.76. The molecule has 0 aliphatic carbocycles. The number of anilines is 1. The number of carbonyl (C=O) groups is 3. The van der Waals surface area contributed by atoms with Crippen LogP contribution in [0.15, 0.2) is 24.3 Å². The van der Waals surface area contributed by atoms with Gasteiger partial charge >= 0.3 is 18.0 Å². The smallest absolute Gasteiger partial charge is 0.325 e. The van der Waals surface area contributed by atoms with E-state index in [1.54, 1.807) is 19.1 Å². The van der Waals surface area contributed by atoms with Crippen LogP contribution < -0.4 is 10.6 Å². The summed E-state index contributed by atoms with van der Waals surface area (Å²) in [6.07, 6.45) is 0.880. The summed E-state index contributed by atoms with van der Waals surface area (Å²) < 4.78 is 9.26. The van der Waals surface area contributed by atoms with Crippen LogP contribution in [0.25, 0.3) is 0 Å². The number of carbonyl (C=O) groups excluding carboxylic acids is 3. The summed E-state index contributed by atoms with van der Waals surface area (Å²) in [6, 6.07) is 6.57. The molecule has 22 heavy (non-hydrogen) atoms. The van der Waals surface area contributed by atoms with Crippen molar-refractivity contribution in [3.05, 3.63) is 29.8 Å². The van der Waals surface area contributed by atoms with Gasteiger partial charge in [-0.15, -0.1) is 0 Å². The summed E-state index contributed by atoms with van der Waals surface area (Å²) in [5.74, 6) is -0.753. The van der Waals surface area contributed by atoms with Gasteiger partial charge in [0, 0.05) is 12.1 Å². The van der Waals surface area contributed by atoms with E-state index in [0.29, 0.717) is 18.5 Å². The molecule has 2 amide bonds. The molecular weight excluding hydrogens is 288 g/mol. The van der Waals surface area contributed by atoms with Crippen LogP contribution >= 0.6 is 0 Å². The number of hydrogen-bond donors (Lipinski definition) is 2. The Kier molecular flexibility index (Phi) is 7.45. The third kappa shape index (κ3) is 6.74. The molecule has 0 fully saturated rings. The minimum atomic E-state index is -0.490. The minimum Gasteiger partial charge on any atom is -0.469 e. The van der Waals surface area contributed by atoms with Crippen LogP contribution in [0.5, 0.6) is 0 Å². The zero-order valence-electron chi connectivity index (χ0n) is 12.7. The van der Waals surface area contributed by atoms with Crippen molar-refractivity contribution in [3.8, 4) is 0 Å². The van der Waals surface area contributed by atoms with E-state index >= 15 is 0 Å². The highest BCUT2D eigenvalue weighted by atomic mass is 16.5. The topological polar surface area (TPSA) is 93.7 Å². The molecule has 120 valence electrons. The summed E-state index contributed by atoms with van der Waals surface area (Å²) in [7, 11) is 1.35. The lowest BCUT2D eigenvalue weighted by molar-refractivity contribution is -0.142. The SMILES string of the molecule is CCOC(=O)CNC(=O)Nc1ccc(CCC(=O)OC)cc1. The lowest BCUT2D eigenvalue weighted by Crippen LogP contribution is -2.34. The second kappa shape index (κ2) is 9.38. The van der Waals surface area contributed by atoms with Crippen LogP contribution in [0.1, 0.15) is 18.9 Å². The van der Waals surface area contributed by atoms with Crippen molar-refractivity contribution in [2.24, 2.45) is 0 Å². The molecule has 0 spiro atoms. The lowest BCUT2D eigenvalue weighted by Gasteiger charge is -2.08. The van der Waals surface area contributed by atoms with Gasteiger partial charge < -0.3 is 20.1 Å². The Labute approximate surface area is 129 Å². The first kappa shape index (κ1) is 17.5. The fraction of sp³-hybridized carbons (Fsp3) is 0.400. The first-order valence-corrected chi connectivity index (χ1v) is 6.91. The molecule has 1 rings (SSSR count). The largest absolute Gasteiger partial charge is 0.469 e. The quantitative estimate of drug-likeness (QED) is 0.744. The average molecular weight is 308 g/mol. The summed E-state index contributed by atoms with van der Waals surface area (Å²) in [4.78, 5) is 33.7. The van der Waals surface area contributed by atoms with E-state index in [1.807, 2.05) is 12.1 Å². The molecular formula is C15H20N2O5. The van der Waals surface area contributed by atoms with Gasteiger partial charge in [0.25, 0.3) is 0 Å². The molecule has 0 aliphatic heterocycles. The van der Waals surface area contributed by atoms with Crippen molar-refractivity contribution in [1.29, 1.82) is 0 Å². The summed E-state index contributed by atoms with van der Waals surface area (Å²) in [6.45, 7) is 1.78. The Balaban J connectivity index is 2.38. The molecule has 0 atom stereocenters. The van der Waals surface area contributed by atoms with E-state index < -0.39 is 12.0 Å². The number of rotatable bonds is 7. The monoisotopic (exact) mass is 308 g/mol. The number of ether oxygens (including phenoxy) is 2. The van der Waals surface area contributed by atoms with E-state index in [-0.39, 0.29) is 19.1 Å². The third-order valence-corrected chi connectivity index (χ3v) is 2.76. The highest BCUT2D eigenvalue weighted by Gasteiger charge is 2.06. The predicted molar refractivity (Wildman–Crippen MR) is 80.4 cm³/mol. The zero-order valence-corrected chi connectivity index (χ0v) is 12.7. The maximum absolute atomic E-state index is 11.6. The Hall–Kier alpha value is -2.57. The average Bonchev–Trinajstić information content (AvgIpc) is 2.52. The molecule has 0 radical (unpaired) electrons. The van der Waals surface area contributed by atoms with E-state index in [9.17, 15) is 14.4 Å². The van der Waals surface area contributed by atoms with Gasteiger partial charge in [-0.05, 0) is 31.0 Å². The van der Waals surface area contributed by atoms with Crippen LogP contribution in [-0.2, 0) is 25.5 Å². The van der Waals surface area contributed by atoms with Crippen LogP contribution in [0.3, 0.4) is 0 Å². The Morgan fingerprint density at radius 3 is 2.36 bits per heavy atom. The maximum atomic E-state index is 11.6. The van der Waals surface area contributed by atoms with Crippen LogP contribution in [-0.4, -0.2) is 38.2 Å². The second-order valence-corrected chi connectivity index (χ2v) is 4.39. The molecule has 7 heteroatoms. The fourth-order valence-corrected chi connectivity index (χ4v) is 1.64. The Bertz CT molecular complexity index is 513. The van der Waals surface area contributed by atoms with Gasteiger partial charge in [-0.25, -0.2) is 4.79 Å². The van der Waals surface area contributed by atoms with Gasteiger partial charge in [0.2, 0.25) is 0 Å². The summed E-state index contributed by atoms with van der Waals surface area (Å²) in [5, 5.41) is 4.99. The van der Waals surface area contributed by atoms with Crippen molar-refractivity contribution in [2.75, 3.05) is 25.6 Å². The summed E-state index contributed by atoms with van der Waals surface area (Å²) in [5.41, 5.74) is 1.55. The van der Waals surface area contributed by atoms with Crippen molar-refractivity contribution < 1.29 is 23.9 Å². The van der Waals surface area contributed by atoms with Gasteiger partial charge in [0.05, 0.1) is 13.7 Å². The number of aryl methyl sites for hydroxylation is 1. The molecule has 0 unspecified atom stereocenters. The summed E-state index contributed by atoms with van der Waals surface area (Å²) >= 11 is 0. The van der Waals surface area contributed by atoms with Gasteiger partial charge in [0.1, 0.15) is 6.54 Å². The normalized spacial score (nSPS) is 9.73. The molecule has 0 saturated heterocycles. The molecule has 0 heterocycles. The number of hydrogen-bond acceptors (Lipinski definition) is 5. The fourth-order valence-electron chi connectivity index (χ4n) is 1.64. The molecule has 0 saturated carbocycles. The Morgan fingerprint density at radius 2 is 1.77 bits per heavy atom. The van der Waals surface area contributed by atoms with Crippen LogP contribution in [0.4, 0.5) is 10.5 Å². The lowest BCUT2D eigenvalue weighted by atomic mass is 10.1. The zero-order chi connectivity index (χ0) is 16.4. The van der Waals surface area contributed by atoms with Crippen molar-refractivity contribution in [2.45, 2.75) is 19.8 Å². The van der Waals surface area contributed by atoms with Crippen LogP contribution in [0.2, 0.25) is 0 Å². The molecule has 1 aromatic carbocycles. The van der Waals surface area contributed by atoms with E-state index in [1.165, 1.54) is 7.11 Å². The van der Waals surface area contributed by atoms with Crippen LogP contribution in [0, 0.1) is 0 Å². The van der Waals surface area contributed by atoms with Crippen molar-refractivity contribution in [3.63, 3.8) is 0 Å². The first-order chi connectivity index (χ1) is 10.5. The number of benzene rings is 1. The van der Waals surface area contributed by atoms with E-state index in [2.05, 4.69) is 15.4 Å². The Morgan fingerprint density at radius 1 is 1.09 bits per heavy atom. The van der Waals surface area contributed by atoms with E-state index in [0.717, 1.165) is 5.56 Å². The number of amides is 2. The van der Waals surface area contributed by atoms with Gasteiger partial charge in [0.15, 0.2) is 0 Å². The number of methoxy groups -OCH3 is 1. The number of esters is 2. The minimum absolute atomic E-state index is 0.184. The van der Waals surface area contributed by atoms with Gasteiger partial charge in [-0.3, -0.25) is 9.59 Å². The standard InChI is InChI=1S/C15H20N2O5/c1-3-22-14(19)10-16-15(20)17-12-7-4-11(5-8-12)6-9-13(18)21-2/h4-5,7-8H,3,6,9-10H2,1-2H3,(H2,16,17,20). The van der Waals surface area contributed by atoms with Gasteiger partial charge in [-0.2, -0.15) is 0 Å². The van der Waals surface area contributed by atoms with Crippen molar-refractivity contribution >= 4 is 23.7 Å². The molecule has 0 aliphatic rings. The van der Waals surface area contributed by atoms with Crippen molar-refractivity contribution in [1.82, 2.24) is 5.32 Å². The number of nitrogens with one attached hydrogen (secondary N) is 2. The van der Waals surface area contributed by atoms with E-state index in [4.69, 9.17) is 4.74 Å². The number of urea groups is 1. The molecule has 0 bridgehead atoms. The van der Waals surface area contributed by atoms with Gasteiger partial charge in [-0.1, -0.05) is 12.1 Å². The molecule has 2 N–H and O–H groups in total. The molecule has 1 aromatic rings. The second-order valence-electron chi connectivity index (χ2n) is 4.39. The maximum Gasteiger partial charge on any atom is 0.325 e. The molecule has 7 nitrogen and oxygen atoms in total. The molecule has 0 aromatic heterocycles.